The van der Waals surface area contributed by atoms with E-state index in [1.807, 2.05) is 29.8 Å². The highest BCUT2D eigenvalue weighted by atomic mass is 35.5. The molecule has 0 bridgehead atoms. The zero-order chi connectivity index (χ0) is 10.8. The summed E-state index contributed by atoms with van der Waals surface area (Å²) in [6.45, 7) is 3.55. The van der Waals surface area contributed by atoms with Crippen molar-refractivity contribution in [3.05, 3.63) is 28.9 Å². The third-order valence-electron chi connectivity index (χ3n) is 2.47. The smallest absolute Gasteiger partial charge is 0.0686 e. The van der Waals surface area contributed by atoms with Gasteiger partial charge < -0.3 is 5.73 Å². The number of hydrogen-bond acceptors (Lipinski definition) is 2. The molecule has 0 atom stereocenters. The van der Waals surface area contributed by atoms with Crippen molar-refractivity contribution in [3.63, 3.8) is 0 Å². The van der Waals surface area contributed by atoms with Crippen LogP contribution in [-0.2, 0) is 6.54 Å². The molecule has 80 valence electrons. The maximum atomic E-state index is 5.95. The summed E-state index contributed by atoms with van der Waals surface area (Å²) < 4.78 is 1.99. The zero-order valence-corrected chi connectivity index (χ0v) is 9.46. The summed E-state index contributed by atoms with van der Waals surface area (Å²) in [4.78, 5) is 0. The molecule has 0 radical (unpaired) electrons. The van der Waals surface area contributed by atoms with E-state index < -0.39 is 0 Å². The molecule has 0 saturated heterocycles. The van der Waals surface area contributed by atoms with Crippen molar-refractivity contribution >= 4 is 22.5 Å². The maximum absolute atomic E-state index is 5.95. The molecule has 0 aliphatic heterocycles. The number of aromatic nitrogens is 2. The Bertz CT molecular complexity index is 476. The number of benzene rings is 1. The van der Waals surface area contributed by atoms with Crippen LogP contribution in [0.4, 0.5) is 0 Å². The van der Waals surface area contributed by atoms with E-state index in [-0.39, 0.29) is 0 Å². The highest BCUT2D eigenvalue weighted by molar-refractivity contribution is 6.31. The molecule has 0 amide bonds. The molecule has 4 heteroatoms. The molecule has 0 aliphatic carbocycles. The standard InChI is InChI=1S/C11H14ClN3/c1-8-10-7-9(12)3-4-11(10)15(14-8)6-2-5-13/h3-4,7H,2,5-6,13H2,1H3. The van der Waals surface area contributed by atoms with Gasteiger partial charge in [0.25, 0.3) is 0 Å². The molecule has 1 heterocycles. The third kappa shape index (κ3) is 1.98. The van der Waals surface area contributed by atoms with Crippen LogP contribution in [0.5, 0.6) is 0 Å². The first-order valence-corrected chi connectivity index (χ1v) is 5.43. The van der Waals surface area contributed by atoms with Gasteiger partial charge in [-0.05, 0) is 38.1 Å². The van der Waals surface area contributed by atoms with Crippen molar-refractivity contribution in [1.82, 2.24) is 9.78 Å². The zero-order valence-electron chi connectivity index (χ0n) is 8.70. The summed E-state index contributed by atoms with van der Waals surface area (Å²) in [6, 6.07) is 5.86. The topological polar surface area (TPSA) is 43.8 Å². The second-order valence-corrected chi connectivity index (χ2v) is 4.05. The Balaban J connectivity index is 2.48. The first-order chi connectivity index (χ1) is 7.22. The summed E-state index contributed by atoms with van der Waals surface area (Å²) in [7, 11) is 0. The molecule has 2 rings (SSSR count). The third-order valence-corrected chi connectivity index (χ3v) is 2.71. The molecule has 0 spiro atoms. The summed E-state index contributed by atoms with van der Waals surface area (Å²) in [6.07, 6.45) is 0.943. The Morgan fingerprint density at radius 3 is 3.00 bits per heavy atom. The van der Waals surface area contributed by atoms with Crippen LogP contribution in [0.3, 0.4) is 0 Å². The minimum Gasteiger partial charge on any atom is -0.330 e. The number of halogens is 1. The molecule has 1 aromatic heterocycles. The van der Waals surface area contributed by atoms with Gasteiger partial charge in [0.2, 0.25) is 0 Å². The molecule has 0 aliphatic rings. The molecular weight excluding hydrogens is 210 g/mol. The van der Waals surface area contributed by atoms with Crippen LogP contribution in [0.2, 0.25) is 5.02 Å². The second kappa shape index (κ2) is 4.21. The van der Waals surface area contributed by atoms with Gasteiger partial charge in [-0.1, -0.05) is 11.6 Å². The Hall–Kier alpha value is -1.06. The number of rotatable bonds is 3. The number of aryl methyl sites for hydroxylation is 2. The fourth-order valence-corrected chi connectivity index (χ4v) is 1.90. The van der Waals surface area contributed by atoms with E-state index in [1.54, 1.807) is 0 Å². The van der Waals surface area contributed by atoms with Crippen molar-refractivity contribution in [2.45, 2.75) is 19.9 Å². The van der Waals surface area contributed by atoms with Crippen molar-refractivity contribution in [2.75, 3.05) is 6.54 Å². The Kier molecular flexibility index (Phi) is 2.93. The number of fused-ring (bicyclic) bond motifs is 1. The Labute approximate surface area is 93.8 Å². The highest BCUT2D eigenvalue weighted by Gasteiger charge is 2.06. The van der Waals surface area contributed by atoms with Crippen molar-refractivity contribution in [1.29, 1.82) is 0 Å². The largest absolute Gasteiger partial charge is 0.330 e. The first kappa shape index (κ1) is 10.5. The molecule has 3 nitrogen and oxygen atoms in total. The van der Waals surface area contributed by atoms with Crippen molar-refractivity contribution in [2.24, 2.45) is 5.73 Å². The van der Waals surface area contributed by atoms with Crippen molar-refractivity contribution in [3.8, 4) is 0 Å². The molecule has 0 unspecified atom stereocenters. The van der Waals surface area contributed by atoms with Gasteiger partial charge in [0.15, 0.2) is 0 Å². The number of nitrogens with zero attached hydrogens (tertiary/aromatic N) is 2. The van der Waals surface area contributed by atoms with Crippen LogP contribution in [0.15, 0.2) is 18.2 Å². The first-order valence-electron chi connectivity index (χ1n) is 5.05. The van der Waals surface area contributed by atoms with Gasteiger partial charge in [-0.2, -0.15) is 5.10 Å². The lowest BCUT2D eigenvalue weighted by atomic mass is 10.2. The summed E-state index contributed by atoms with van der Waals surface area (Å²) in [5.41, 5.74) is 7.64. The quantitative estimate of drug-likeness (QED) is 0.868. The van der Waals surface area contributed by atoms with E-state index in [4.69, 9.17) is 17.3 Å². The normalized spacial score (nSPS) is 11.1. The van der Waals surface area contributed by atoms with E-state index in [9.17, 15) is 0 Å². The summed E-state index contributed by atoms with van der Waals surface area (Å²) >= 11 is 5.95. The van der Waals surface area contributed by atoms with Gasteiger partial charge in [0.05, 0.1) is 11.2 Å². The molecule has 1 aromatic carbocycles. The van der Waals surface area contributed by atoms with Crippen LogP contribution < -0.4 is 5.73 Å². The van der Waals surface area contributed by atoms with Crippen LogP contribution in [-0.4, -0.2) is 16.3 Å². The van der Waals surface area contributed by atoms with E-state index in [2.05, 4.69) is 5.10 Å². The monoisotopic (exact) mass is 223 g/mol. The lowest BCUT2D eigenvalue weighted by Crippen LogP contribution is -2.06. The summed E-state index contributed by atoms with van der Waals surface area (Å²) in [5.74, 6) is 0. The van der Waals surface area contributed by atoms with Gasteiger partial charge in [0.1, 0.15) is 0 Å². The van der Waals surface area contributed by atoms with Gasteiger partial charge in [-0.15, -0.1) is 0 Å². The molecule has 2 N–H and O–H groups in total. The predicted octanol–water partition coefficient (Wildman–Crippen LogP) is 2.35. The Morgan fingerprint density at radius 2 is 2.27 bits per heavy atom. The van der Waals surface area contributed by atoms with Crippen LogP contribution in [0, 0.1) is 6.92 Å². The fraction of sp³-hybridized carbons (Fsp3) is 0.364. The molecule has 15 heavy (non-hydrogen) atoms. The van der Waals surface area contributed by atoms with Crippen LogP contribution in [0.25, 0.3) is 10.9 Å². The SMILES string of the molecule is Cc1nn(CCCN)c2ccc(Cl)cc12. The average molecular weight is 224 g/mol. The van der Waals surface area contributed by atoms with Gasteiger partial charge in [0, 0.05) is 17.0 Å². The molecule has 2 aromatic rings. The summed E-state index contributed by atoms with van der Waals surface area (Å²) in [5, 5.41) is 6.35. The number of nitrogens with two attached hydrogens (primary N) is 1. The van der Waals surface area contributed by atoms with Gasteiger partial charge in [-0.3, -0.25) is 4.68 Å². The average Bonchev–Trinajstić information content (AvgIpc) is 2.53. The number of hydrogen-bond donors (Lipinski definition) is 1. The Morgan fingerprint density at radius 1 is 1.47 bits per heavy atom. The van der Waals surface area contributed by atoms with Gasteiger partial charge in [-0.25, -0.2) is 0 Å². The lowest BCUT2D eigenvalue weighted by Gasteiger charge is -2.01. The van der Waals surface area contributed by atoms with Crippen molar-refractivity contribution < 1.29 is 0 Å². The fourth-order valence-electron chi connectivity index (χ4n) is 1.72. The maximum Gasteiger partial charge on any atom is 0.0686 e. The minimum atomic E-state index is 0.688. The lowest BCUT2D eigenvalue weighted by molar-refractivity contribution is 0.598. The van der Waals surface area contributed by atoms with Crippen LogP contribution >= 0.6 is 11.6 Å². The molecular formula is C11H14ClN3. The van der Waals surface area contributed by atoms with E-state index >= 15 is 0 Å². The van der Waals surface area contributed by atoms with Gasteiger partial charge >= 0.3 is 0 Å². The van der Waals surface area contributed by atoms with E-state index in [1.165, 1.54) is 0 Å². The molecule has 0 fully saturated rings. The second-order valence-electron chi connectivity index (χ2n) is 3.61. The minimum absolute atomic E-state index is 0.688. The van der Waals surface area contributed by atoms with Crippen LogP contribution in [0.1, 0.15) is 12.1 Å². The predicted molar refractivity (Wildman–Crippen MR) is 63.2 cm³/mol. The molecule has 0 saturated carbocycles. The van der Waals surface area contributed by atoms with E-state index in [0.717, 1.165) is 34.6 Å². The highest BCUT2D eigenvalue weighted by Crippen LogP contribution is 2.22. The van der Waals surface area contributed by atoms with E-state index in [0.29, 0.717) is 6.54 Å².